The van der Waals surface area contributed by atoms with Crippen LogP contribution in [0.2, 0.25) is 0 Å². The van der Waals surface area contributed by atoms with Crippen molar-refractivity contribution in [2.75, 3.05) is 20.8 Å². The number of hydrogen-bond acceptors (Lipinski definition) is 5. The fourth-order valence-corrected chi connectivity index (χ4v) is 4.83. The van der Waals surface area contributed by atoms with Crippen LogP contribution in [-0.2, 0) is 19.5 Å². The molecule has 176 valence electrons. The van der Waals surface area contributed by atoms with E-state index in [0.29, 0.717) is 13.0 Å². The molecule has 0 bridgehead atoms. The van der Waals surface area contributed by atoms with E-state index in [9.17, 15) is 4.79 Å². The number of para-hydroxylation sites is 1. The molecule has 2 aromatic carbocycles. The van der Waals surface area contributed by atoms with Crippen LogP contribution in [0.15, 0.2) is 59.5 Å². The van der Waals surface area contributed by atoms with Crippen molar-refractivity contribution in [3.8, 4) is 17.2 Å². The number of ether oxygens (including phenoxy) is 2. The van der Waals surface area contributed by atoms with Crippen LogP contribution in [-0.4, -0.2) is 39.8 Å². The lowest BCUT2D eigenvalue weighted by Crippen LogP contribution is -2.38. The number of nitrogens with zero attached hydrogens (tertiary/aromatic N) is 4. The molecule has 34 heavy (non-hydrogen) atoms. The van der Waals surface area contributed by atoms with Gasteiger partial charge in [0.15, 0.2) is 11.5 Å². The average molecular weight is 459 g/mol. The molecule has 4 aromatic rings. The van der Waals surface area contributed by atoms with Crippen LogP contribution in [0.1, 0.15) is 42.1 Å². The molecule has 0 atom stereocenters. The molecule has 5 rings (SSSR count). The van der Waals surface area contributed by atoms with Gasteiger partial charge in [-0.2, -0.15) is 5.10 Å². The fraction of sp³-hybridized carbons (Fsp3) is 0.333. The third kappa shape index (κ3) is 3.76. The van der Waals surface area contributed by atoms with Crippen LogP contribution in [0.4, 0.5) is 0 Å². The van der Waals surface area contributed by atoms with Gasteiger partial charge >= 0.3 is 0 Å². The maximum absolute atomic E-state index is 13.8. The quantitative estimate of drug-likeness (QED) is 0.434. The van der Waals surface area contributed by atoms with Gasteiger partial charge in [-0.15, -0.1) is 0 Å². The first-order valence-electron chi connectivity index (χ1n) is 11.6. The topological polar surface area (TPSA) is 61.0 Å². The molecular weight excluding hydrogens is 428 g/mol. The number of fused-ring (bicyclic) bond motifs is 3. The maximum Gasteiger partial charge on any atom is 0.261 e. The van der Waals surface area contributed by atoms with E-state index in [1.165, 1.54) is 0 Å². The van der Waals surface area contributed by atoms with E-state index in [-0.39, 0.29) is 11.5 Å². The van der Waals surface area contributed by atoms with E-state index in [1.54, 1.807) is 14.2 Å². The first-order chi connectivity index (χ1) is 16.5. The molecule has 0 amide bonds. The number of rotatable bonds is 6. The number of hydrogen-bond donors (Lipinski definition) is 0. The molecule has 0 fully saturated rings. The molecule has 0 aliphatic carbocycles. The second kappa shape index (κ2) is 8.99. The Morgan fingerprint density at radius 2 is 1.79 bits per heavy atom. The Bertz CT molecular complexity index is 1390. The highest BCUT2D eigenvalue weighted by molar-refractivity contribution is 5.57. The van der Waals surface area contributed by atoms with Crippen molar-refractivity contribution in [1.82, 2.24) is 19.1 Å². The summed E-state index contributed by atoms with van der Waals surface area (Å²) in [4.78, 5) is 16.1. The molecule has 0 radical (unpaired) electrons. The summed E-state index contributed by atoms with van der Waals surface area (Å²) in [6, 6.07) is 15.9. The highest BCUT2D eigenvalue weighted by Gasteiger charge is 2.27. The van der Waals surface area contributed by atoms with Crippen molar-refractivity contribution in [3.63, 3.8) is 0 Å². The molecule has 3 heterocycles. The van der Waals surface area contributed by atoms with Gasteiger partial charge in [-0.25, -0.2) is 4.52 Å². The van der Waals surface area contributed by atoms with Gasteiger partial charge in [0.1, 0.15) is 5.65 Å². The third-order valence-corrected chi connectivity index (χ3v) is 6.59. The Hall–Kier alpha value is -3.58. The zero-order valence-electron chi connectivity index (χ0n) is 20.1. The zero-order valence-corrected chi connectivity index (χ0v) is 20.1. The van der Waals surface area contributed by atoms with Crippen molar-refractivity contribution in [3.05, 3.63) is 87.5 Å². The predicted octanol–water partition coefficient (Wildman–Crippen LogP) is 4.18. The molecule has 1 aliphatic rings. The van der Waals surface area contributed by atoms with Gasteiger partial charge in [-0.3, -0.25) is 14.3 Å². The van der Waals surface area contributed by atoms with Gasteiger partial charge in [0, 0.05) is 30.8 Å². The van der Waals surface area contributed by atoms with Crippen molar-refractivity contribution in [2.24, 2.45) is 0 Å². The number of benzene rings is 2. The Morgan fingerprint density at radius 3 is 2.50 bits per heavy atom. The molecule has 7 nitrogen and oxygen atoms in total. The molecule has 1 aliphatic heterocycles. The lowest BCUT2D eigenvalue weighted by atomic mass is 10.0. The summed E-state index contributed by atoms with van der Waals surface area (Å²) in [6.45, 7) is 6.49. The predicted molar refractivity (Wildman–Crippen MR) is 132 cm³/mol. The number of methoxy groups -OCH3 is 2. The molecular formula is C27H30N4O3. The summed E-state index contributed by atoms with van der Waals surface area (Å²) in [5.74, 6) is 1.69. The van der Waals surface area contributed by atoms with Crippen LogP contribution >= 0.6 is 0 Å². The molecule has 0 N–H and O–H groups in total. The molecule has 7 heteroatoms. The first-order valence-corrected chi connectivity index (χ1v) is 11.6. The van der Waals surface area contributed by atoms with Gasteiger partial charge in [-0.1, -0.05) is 38.1 Å². The Labute approximate surface area is 199 Å². The van der Waals surface area contributed by atoms with Gasteiger partial charge in [-0.05, 0) is 42.2 Å². The second-order valence-corrected chi connectivity index (χ2v) is 9.04. The summed E-state index contributed by atoms with van der Waals surface area (Å²) in [5, 5.41) is 4.77. The first kappa shape index (κ1) is 22.2. The normalized spacial score (nSPS) is 13.9. The maximum atomic E-state index is 13.8. The third-order valence-electron chi connectivity index (χ3n) is 6.59. The minimum Gasteiger partial charge on any atom is -0.493 e. The van der Waals surface area contributed by atoms with Crippen molar-refractivity contribution < 1.29 is 9.47 Å². The van der Waals surface area contributed by atoms with Gasteiger partial charge in [0.05, 0.1) is 31.8 Å². The minimum atomic E-state index is 0.0573. The highest BCUT2D eigenvalue weighted by atomic mass is 16.5. The van der Waals surface area contributed by atoms with E-state index in [0.717, 1.165) is 58.3 Å². The van der Waals surface area contributed by atoms with Crippen LogP contribution in [0.25, 0.3) is 11.3 Å². The molecule has 2 aromatic heterocycles. The van der Waals surface area contributed by atoms with Crippen LogP contribution < -0.4 is 15.0 Å². The molecule has 0 saturated carbocycles. The summed E-state index contributed by atoms with van der Waals surface area (Å²) in [5.41, 5.74) is 5.82. The van der Waals surface area contributed by atoms with E-state index in [4.69, 9.17) is 14.6 Å². The standard InChI is InChI=1S/C27H30N4O3/c1-18(2)22-15-28-31-23-17-29(16-19-10-11-24(33-3)25(14-19)34-4)13-12-21(23)27(32)30(26(22)31)20-8-6-5-7-9-20/h5-11,14-15,18H,12-13,16-17H2,1-4H3. The summed E-state index contributed by atoms with van der Waals surface area (Å²) < 4.78 is 14.7. The van der Waals surface area contributed by atoms with Gasteiger partial charge in [0.2, 0.25) is 0 Å². The molecule has 0 saturated heterocycles. The summed E-state index contributed by atoms with van der Waals surface area (Å²) in [7, 11) is 3.29. The van der Waals surface area contributed by atoms with Crippen molar-refractivity contribution in [2.45, 2.75) is 39.3 Å². The zero-order chi connectivity index (χ0) is 23.8. The van der Waals surface area contributed by atoms with E-state index < -0.39 is 0 Å². The van der Waals surface area contributed by atoms with Gasteiger partial charge in [0.25, 0.3) is 5.56 Å². The van der Waals surface area contributed by atoms with E-state index in [1.807, 2.05) is 57.7 Å². The van der Waals surface area contributed by atoms with Crippen LogP contribution in [0, 0.1) is 0 Å². The largest absolute Gasteiger partial charge is 0.493 e. The fourth-order valence-electron chi connectivity index (χ4n) is 4.83. The van der Waals surface area contributed by atoms with Crippen LogP contribution in [0.3, 0.4) is 0 Å². The Balaban J connectivity index is 1.58. The Kier molecular flexibility index (Phi) is 5.87. The van der Waals surface area contributed by atoms with E-state index in [2.05, 4.69) is 24.8 Å². The number of aromatic nitrogens is 3. The Morgan fingerprint density at radius 1 is 1.03 bits per heavy atom. The van der Waals surface area contributed by atoms with E-state index >= 15 is 0 Å². The monoisotopic (exact) mass is 458 g/mol. The van der Waals surface area contributed by atoms with Crippen LogP contribution in [0.5, 0.6) is 11.5 Å². The second-order valence-electron chi connectivity index (χ2n) is 9.04. The molecule has 0 spiro atoms. The summed E-state index contributed by atoms with van der Waals surface area (Å²) >= 11 is 0. The van der Waals surface area contributed by atoms with Crippen molar-refractivity contribution in [1.29, 1.82) is 0 Å². The highest BCUT2D eigenvalue weighted by Crippen LogP contribution is 2.30. The van der Waals surface area contributed by atoms with Gasteiger partial charge < -0.3 is 9.47 Å². The minimum absolute atomic E-state index is 0.0573. The molecule has 0 unspecified atom stereocenters. The average Bonchev–Trinajstić information content (AvgIpc) is 3.30. The lowest BCUT2D eigenvalue weighted by Gasteiger charge is -2.29. The van der Waals surface area contributed by atoms with Crippen molar-refractivity contribution >= 4 is 5.65 Å². The summed E-state index contributed by atoms with van der Waals surface area (Å²) in [6.07, 6.45) is 2.59. The smallest absolute Gasteiger partial charge is 0.261 e. The SMILES string of the molecule is COc1ccc(CN2CCc3c(n4ncc(C(C)C)c4n(-c4ccccc4)c3=O)C2)cc1OC. The lowest BCUT2D eigenvalue weighted by molar-refractivity contribution is 0.237.